The number of hydrogen-bond donors (Lipinski definition) is 0. The molecule has 5 rings (SSSR count). The van der Waals surface area contributed by atoms with E-state index in [1.165, 1.54) is 11.3 Å². The van der Waals surface area contributed by atoms with Gasteiger partial charge in [-0.2, -0.15) is 0 Å². The average molecular weight is 712 g/mol. The Kier molecular flexibility index (Phi) is 9.15. The standard InChI is InChI=1S/C32H28Br2N2O5S/c1-18(2)41-31(38)28-19(3)35-32-36(29(28)24-16-23(34)13-14-26(24)39-4)30(37)27(42-32)15-21-7-5-6-8-25(21)40-17-20-9-11-22(33)12-10-20/h5-16,18,29H,17H2,1-4H3/b27-15-/t29-/m0/s1. The van der Waals surface area contributed by atoms with Gasteiger partial charge >= 0.3 is 5.97 Å². The molecule has 0 saturated heterocycles. The molecule has 2 heterocycles. The highest BCUT2D eigenvalue weighted by Gasteiger charge is 2.35. The lowest BCUT2D eigenvalue weighted by Gasteiger charge is -2.26. The Morgan fingerprint density at radius 1 is 1.05 bits per heavy atom. The molecule has 1 aromatic heterocycles. The molecule has 0 N–H and O–H groups in total. The maximum Gasteiger partial charge on any atom is 0.338 e. The summed E-state index contributed by atoms with van der Waals surface area (Å²) in [6.07, 6.45) is 1.46. The van der Waals surface area contributed by atoms with Crippen LogP contribution >= 0.6 is 43.2 Å². The topological polar surface area (TPSA) is 79.1 Å². The van der Waals surface area contributed by atoms with Gasteiger partial charge in [0.25, 0.3) is 5.56 Å². The predicted octanol–water partition coefficient (Wildman–Crippen LogP) is 6.30. The summed E-state index contributed by atoms with van der Waals surface area (Å²) < 4.78 is 21.2. The van der Waals surface area contributed by atoms with E-state index in [9.17, 15) is 9.59 Å². The van der Waals surface area contributed by atoms with Gasteiger partial charge in [-0.3, -0.25) is 9.36 Å². The SMILES string of the molecule is COc1ccc(Br)cc1[C@H]1C(C(=O)OC(C)C)=C(C)N=c2s/c(=C\c3ccccc3OCc3ccc(Br)cc3)c(=O)n21. The maximum atomic E-state index is 14.1. The van der Waals surface area contributed by atoms with E-state index in [-0.39, 0.29) is 17.2 Å². The van der Waals surface area contributed by atoms with E-state index < -0.39 is 12.0 Å². The molecular weight excluding hydrogens is 684 g/mol. The molecule has 0 fully saturated rings. The molecule has 4 aromatic rings. The highest BCUT2D eigenvalue weighted by molar-refractivity contribution is 9.10. The van der Waals surface area contributed by atoms with Crippen molar-refractivity contribution in [3.63, 3.8) is 0 Å². The highest BCUT2D eigenvalue weighted by Crippen LogP contribution is 2.37. The number of fused-ring (bicyclic) bond motifs is 1. The van der Waals surface area contributed by atoms with Crippen LogP contribution in [0.2, 0.25) is 0 Å². The minimum absolute atomic E-state index is 0.282. The lowest BCUT2D eigenvalue weighted by atomic mass is 9.95. The fourth-order valence-corrected chi connectivity index (χ4v) is 6.37. The summed E-state index contributed by atoms with van der Waals surface area (Å²) in [5, 5.41) is 0. The van der Waals surface area contributed by atoms with Crippen LogP contribution in [0.15, 0.2) is 96.7 Å². The molecule has 0 spiro atoms. The van der Waals surface area contributed by atoms with Gasteiger partial charge in [0.2, 0.25) is 0 Å². The second-order valence-corrected chi connectivity index (χ2v) is 12.7. The number of rotatable bonds is 8. The number of esters is 1. The highest BCUT2D eigenvalue weighted by atomic mass is 79.9. The maximum absolute atomic E-state index is 14.1. The molecule has 0 saturated carbocycles. The van der Waals surface area contributed by atoms with Gasteiger partial charge in [-0.1, -0.05) is 73.5 Å². The van der Waals surface area contributed by atoms with Crippen LogP contribution in [0.25, 0.3) is 6.08 Å². The predicted molar refractivity (Wildman–Crippen MR) is 171 cm³/mol. The number of allylic oxidation sites excluding steroid dienone is 1. The third-order valence-electron chi connectivity index (χ3n) is 6.58. The molecule has 216 valence electrons. The van der Waals surface area contributed by atoms with E-state index in [0.717, 1.165) is 20.1 Å². The summed E-state index contributed by atoms with van der Waals surface area (Å²) in [4.78, 5) is 32.7. The van der Waals surface area contributed by atoms with E-state index >= 15 is 0 Å². The largest absolute Gasteiger partial charge is 0.496 e. The van der Waals surface area contributed by atoms with E-state index in [0.29, 0.717) is 38.7 Å². The van der Waals surface area contributed by atoms with Gasteiger partial charge in [0.1, 0.15) is 24.1 Å². The van der Waals surface area contributed by atoms with Crippen molar-refractivity contribution in [2.24, 2.45) is 4.99 Å². The van der Waals surface area contributed by atoms with Crippen LogP contribution in [0.4, 0.5) is 0 Å². The Labute approximate surface area is 264 Å². The number of ether oxygens (including phenoxy) is 3. The number of para-hydroxylation sites is 1. The molecule has 1 aliphatic rings. The van der Waals surface area contributed by atoms with Gasteiger partial charge in [0.15, 0.2) is 4.80 Å². The number of hydrogen-bond acceptors (Lipinski definition) is 7. The molecule has 0 amide bonds. The Bertz CT molecular complexity index is 1860. The van der Waals surface area contributed by atoms with E-state index in [4.69, 9.17) is 19.2 Å². The van der Waals surface area contributed by atoms with Crippen molar-refractivity contribution in [3.05, 3.63) is 123 Å². The lowest BCUT2D eigenvalue weighted by molar-refractivity contribution is -0.143. The second-order valence-electron chi connectivity index (χ2n) is 9.88. The van der Waals surface area contributed by atoms with Crippen LogP contribution < -0.4 is 24.4 Å². The van der Waals surface area contributed by atoms with E-state index in [2.05, 4.69) is 31.9 Å². The summed E-state index contributed by atoms with van der Waals surface area (Å²) in [6.45, 7) is 5.71. The second kappa shape index (κ2) is 12.8. The summed E-state index contributed by atoms with van der Waals surface area (Å²) in [5.74, 6) is 0.655. The fraction of sp³-hybridized carbons (Fsp3) is 0.219. The fourth-order valence-electron chi connectivity index (χ4n) is 4.69. The number of aromatic nitrogens is 1. The van der Waals surface area contributed by atoms with Gasteiger partial charge < -0.3 is 14.2 Å². The number of methoxy groups -OCH3 is 1. The monoisotopic (exact) mass is 710 g/mol. The van der Waals surface area contributed by atoms with Crippen LogP contribution in [-0.2, 0) is 16.1 Å². The molecule has 3 aromatic carbocycles. The first-order valence-electron chi connectivity index (χ1n) is 13.2. The first-order chi connectivity index (χ1) is 20.2. The number of carbonyl (C=O) groups excluding carboxylic acids is 1. The Hall–Kier alpha value is -3.47. The smallest absolute Gasteiger partial charge is 0.338 e. The number of carbonyl (C=O) groups is 1. The first kappa shape index (κ1) is 30.0. The molecule has 10 heteroatoms. The van der Waals surface area contributed by atoms with Crippen LogP contribution in [0.5, 0.6) is 11.5 Å². The summed E-state index contributed by atoms with van der Waals surface area (Å²) >= 11 is 8.25. The quantitative estimate of drug-likeness (QED) is 0.201. The third-order valence-corrected chi connectivity index (χ3v) is 8.59. The van der Waals surface area contributed by atoms with E-state index in [1.54, 1.807) is 44.6 Å². The Morgan fingerprint density at radius 2 is 1.76 bits per heavy atom. The van der Waals surface area contributed by atoms with Crippen molar-refractivity contribution in [2.75, 3.05) is 7.11 Å². The minimum Gasteiger partial charge on any atom is -0.496 e. The van der Waals surface area contributed by atoms with Crippen molar-refractivity contribution in [1.82, 2.24) is 4.57 Å². The normalized spacial score (nSPS) is 14.9. The van der Waals surface area contributed by atoms with Crippen molar-refractivity contribution >= 4 is 55.2 Å². The number of benzene rings is 3. The zero-order valence-corrected chi connectivity index (χ0v) is 27.4. The number of halogens is 2. The van der Waals surface area contributed by atoms with E-state index in [1.807, 2.05) is 60.7 Å². The molecule has 0 bridgehead atoms. The number of thiazole rings is 1. The van der Waals surface area contributed by atoms with Crippen LogP contribution in [0.1, 0.15) is 43.5 Å². The van der Waals surface area contributed by atoms with Crippen LogP contribution in [-0.4, -0.2) is 23.8 Å². The number of nitrogens with zero attached hydrogens (tertiary/aromatic N) is 2. The van der Waals surface area contributed by atoms with Crippen molar-refractivity contribution in [2.45, 2.75) is 39.5 Å². The zero-order chi connectivity index (χ0) is 30.0. The molecule has 0 unspecified atom stereocenters. The molecule has 1 atom stereocenters. The Balaban J connectivity index is 1.63. The summed E-state index contributed by atoms with van der Waals surface area (Å²) in [6, 6.07) is 20.2. The molecule has 0 radical (unpaired) electrons. The summed E-state index contributed by atoms with van der Waals surface area (Å²) in [5.41, 5.74) is 2.91. The molecule has 0 aliphatic carbocycles. The van der Waals surface area contributed by atoms with Crippen LogP contribution in [0, 0.1) is 0 Å². The lowest BCUT2D eigenvalue weighted by Crippen LogP contribution is -2.40. The molecule has 1 aliphatic heterocycles. The summed E-state index contributed by atoms with van der Waals surface area (Å²) in [7, 11) is 1.56. The van der Waals surface area contributed by atoms with Crippen molar-refractivity contribution in [1.29, 1.82) is 0 Å². The van der Waals surface area contributed by atoms with Crippen LogP contribution in [0.3, 0.4) is 0 Å². The van der Waals surface area contributed by atoms with Gasteiger partial charge in [0, 0.05) is 20.1 Å². The van der Waals surface area contributed by atoms with Crippen molar-refractivity contribution < 1.29 is 19.0 Å². The Morgan fingerprint density at radius 3 is 2.48 bits per heavy atom. The van der Waals surface area contributed by atoms with Gasteiger partial charge in [-0.05, 0) is 68.8 Å². The van der Waals surface area contributed by atoms with Crippen molar-refractivity contribution in [3.8, 4) is 11.5 Å². The molecular formula is C32H28Br2N2O5S. The first-order valence-corrected chi connectivity index (χ1v) is 15.6. The molecule has 7 nitrogen and oxygen atoms in total. The van der Waals surface area contributed by atoms with Gasteiger partial charge in [-0.25, -0.2) is 9.79 Å². The third kappa shape index (κ3) is 6.30. The average Bonchev–Trinajstić information content (AvgIpc) is 3.26. The van der Waals surface area contributed by atoms with Gasteiger partial charge in [-0.15, -0.1) is 0 Å². The zero-order valence-electron chi connectivity index (χ0n) is 23.4. The molecule has 42 heavy (non-hydrogen) atoms. The minimum atomic E-state index is -0.800. The van der Waals surface area contributed by atoms with Gasteiger partial charge in [0.05, 0.1) is 29.0 Å².